The van der Waals surface area contributed by atoms with Gasteiger partial charge < -0.3 is 103 Å². The fourth-order valence-electron chi connectivity index (χ4n) is 12.9. The van der Waals surface area contributed by atoms with Crippen molar-refractivity contribution in [3.05, 3.63) is 219 Å². The summed E-state index contributed by atoms with van der Waals surface area (Å²) in [4.78, 5) is 235. The summed E-state index contributed by atoms with van der Waals surface area (Å²) in [6, 6.07) is 12.9. The number of esters is 6. The summed E-state index contributed by atoms with van der Waals surface area (Å²) in [5.74, 6) is -6.37. The first-order chi connectivity index (χ1) is 63.1. The van der Waals surface area contributed by atoms with E-state index in [1.807, 2.05) is 0 Å². The fourth-order valence-corrected chi connectivity index (χ4v) is 15.3. The molecule has 0 radical (unpaired) electrons. The number of nitrogens with zero attached hydrogens (tertiary/aromatic N) is 12. The summed E-state index contributed by atoms with van der Waals surface area (Å²) < 4.78 is 31.7. The Kier molecular flexibility index (Phi) is 44.1. The van der Waals surface area contributed by atoms with Crippen LogP contribution in [0.15, 0.2) is 138 Å². The number of nitrogen functional groups attached to an aromatic ring is 1. The van der Waals surface area contributed by atoms with Gasteiger partial charge >= 0.3 is 35.8 Å². The Morgan fingerprint density at radius 2 is 0.669 bits per heavy atom. The van der Waals surface area contributed by atoms with E-state index in [2.05, 4.69) is 142 Å². The second-order valence-electron chi connectivity index (χ2n) is 27.2. The van der Waals surface area contributed by atoms with Gasteiger partial charge in [-0.05, 0) is 86.5 Å². The van der Waals surface area contributed by atoms with E-state index in [-0.39, 0.29) is 167 Å². The second kappa shape index (κ2) is 52.3. The molecule has 9 aromatic rings. The summed E-state index contributed by atoms with van der Waals surface area (Å²) in [7, 11) is 6.95. The Bertz CT molecular complexity index is 5980. The third-order valence-corrected chi connectivity index (χ3v) is 21.4. The Balaban J connectivity index is 0.000000341. The average Bonchev–Trinajstić information content (AvgIpc) is 1.58. The number of ether oxygens (including phenoxy) is 6. The molecule has 16 N–H and O–H groups in total. The number of Topliss-reactive ketones (excluding diaryl/α,β-unsaturated/α-hetero) is 1. The van der Waals surface area contributed by atoms with Crippen LogP contribution in [0.1, 0.15) is 139 Å². The molecule has 0 saturated heterocycles. The fraction of sp³-hybridized carbons (Fsp3) is 0.338. The topological polar surface area (TPSA) is 701 Å². The van der Waals surface area contributed by atoms with Gasteiger partial charge in [0, 0.05) is 76.9 Å². The lowest BCUT2D eigenvalue weighted by Crippen LogP contribution is -2.50. The molecule has 4 aliphatic heterocycles. The number of carbonyl (C=O) groups excluding carboxylic acids is 12. The molecule has 13 heterocycles. The monoisotopic (exact) mass is 2120 g/mol. The zero-order valence-corrected chi connectivity index (χ0v) is 77.0. The van der Waals surface area contributed by atoms with Crippen LogP contribution in [0.3, 0.4) is 0 Å². The summed E-state index contributed by atoms with van der Waals surface area (Å²) in [5, 5.41) is 56.6. The molecule has 0 unspecified atom stereocenters. The quantitative estimate of drug-likeness (QED) is 0.0194. The molecule has 4 aliphatic rings. The minimum atomic E-state index is -1.74. The van der Waals surface area contributed by atoms with Gasteiger partial charge in [0.25, 0.3) is 57.3 Å². The smallest absolute Gasteiger partial charge is 0.313 e. The Morgan fingerprint density at radius 3 is 0.926 bits per heavy atom. The number of nitrogens with two attached hydrogens (primary N) is 2. The van der Waals surface area contributed by atoms with E-state index in [1.165, 1.54) is 104 Å². The number of halogens is 7. The van der Waals surface area contributed by atoms with Crippen molar-refractivity contribution in [3.63, 3.8) is 0 Å². The van der Waals surface area contributed by atoms with Crippen LogP contribution in [0.25, 0.3) is 0 Å². The standard InChI is InChI=1S/C17H16ClN5O6.2C15H16ClN5O4.C13H12BrClN2O6.C7H10O5.C6H4BrClN2O2.C4H5N3.3CH4/c1-28-12(24)6-17(7-13(25)29-2)22-15(26)14-9(18)5-10(16(27)23(14)17)21-11-3-4-19-8-20-11;2*16-9-7-10(19-11-1-4-17-8-18-11)14(25)21-12(9)13(24)20-15(21,2-5-22)3-6-23;1-22-8(18)4-13(5-9(19)23-2)16-11(20)10-7(15)3-6(14)12(21)17(10)13;1-11-6(9)3-5(8)4-7(10)12-2;7-2-1-3(8)4(5(9)11)10-6(2)12;5-4-1-2-6-3-7-4;;;/h3-5,8H,6-7H2,1-2H3,(H,22,26)(H,19,20,21);2*1,4,7-8,22-23H,2-3,5-6H2,(H,20,24)(H,17,18,19);3H,4-5H2,1-2H3,(H,16,20);3-4H2,1-2H3;1H,(H2,9,11)(H,10,12);1-3H,(H2,5,6,7);3*1H4. The summed E-state index contributed by atoms with van der Waals surface area (Å²) in [6.07, 6.45) is 8.99. The molecule has 0 atom stereocenters. The van der Waals surface area contributed by atoms with Crippen molar-refractivity contribution in [2.75, 3.05) is 90.8 Å². The van der Waals surface area contributed by atoms with E-state index < -0.39 is 147 Å². The van der Waals surface area contributed by atoms with Gasteiger partial charge in [0.2, 0.25) is 0 Å². The van der Waals surface area contributed by atoms with Crippen molar-refractivity contribution in [2.24, 2.45) is 5.73 Å². The third-order valence-electron chi connectivity index (χ3n) is 18.8. The van der Waals surface area contributed by atoms with Gasteiger partial charge in [-0.2, -0.15) is 0 Å². The van der Waals surface area contributed by atoms with Crippen LogP contribution in [0.5, 0.6) is 0 Å². The van der Waals surface area contributed by atoms with Crippen molar-refractivity contribution >= 4 is 201 Å². The third kappa shape index (κ3) is 28.3. The van der Waals surface area contributed by atoms with Crippen LogP contribution in [0.4, 0.5) is 40.3 Å². The van der Waals surface area contributed by atoms with Crippen molar-refractivity contribution < 1.29 is 106 Å². The number of pyridine rings is 5. The number of amides is 5. The number of aromatic amines is 1. The van der Waals surface area contributed by atoms with E-state index in [0.717, 1.165) is 37.6 Å². The maximum atomic E-state index is 13.2. The highest BCUT2D eigenvalue weighted by Crippen LogP contribution is 2.39. The lowest BCUT2D eigenvalue weighted by Gasteiger charge is -2.30. The van der Waals surface area contributed by atoms with Gasteiger partial charge in [-0.3, -0.25) is 99.8 Å². The highest BCUT2D eigenvalue weighted by Gasteiger charge is 2.52. The van der Waals surface area contributed by atoms with Gasteiger partial charge in [-0.1, -0.05) is 80.3 Å². The first-order valence-electron chi connectivity index (χ1n) is 37.8. The number of fused-ring (bicyclic) bond motifs is 4. The number of hydrogen-bond donors (Lipinski definition) is 14. The predicted molar refractivity (Wildman–Crippen MR) is 495 cm³/mol. The average molecular weight is 2130 g/mol. The lowest BCUT2D eigenvalue weighted by molar-refractivity contribution is -0.149. The largest absolute Gasteiger partial charge is 0.469 e. The number of primary amides is 1. The molecule has 0 aliphatic carbocycles. The van der Waals surface area contributed by atoms with Crippen LogP contribution >= 0.6 is 89.9 Å². The van der Waals surface area contributed by atoms with Crippen LogP contribution < -0.4 is 76.5 Å². The first-order valence-corrected chi connectivity index (χ1v) is 41.2. The van der Waals surface area contributed by atoms with E-state index in [0.29, 0.717) is 23.3 Å². The molecule has 0 bridgehead atoms. The summed E-state index contributed by atoms with van der Waals surface area (Å²) >= 11 is 36.3. The number of methoxy groups -OCH3 is 6. The number of H-pyrrole nitrogens is 1. The molecule has 0 saturated carbocycles. The molecule has 0 spiro atoms. The highest BCUT2D eigenvalue weighted by molar-refractivity contribution is 9.10. The molecule has 56 heteroatoms. The van der Waals surface area contributed by atoms with E-state index in [4.69, 9.17) is 69.5 Å². The maximum absolute atomic E-state index is 13.2. The van der Waals surface area contributed by atoms with Gasteiger partial charge in [-0.25, -0.2) is 39.9 Å². The van der Waals surface area contributed by atoms with E-state index >= 15 is 0 Å². The molecule has 0 fully saturated rings. The molecular weight excluding hydrogens is 2040 g/mol. The van der Waals surface area contributed by atoms with Crippen LogP contribution in [0, 0.1) is 0 Å². The second-order valence-corrected chi connectivity index (χ2v) is 31.0. The highest BCUT2D eigenvalue weighted by atomic mass is 79.9. The maximum Gasteiger partial charge on any atom is 0.313 e. The van der Waals surface area contributed by atoms with Crippen molar-refractivity contribution in [3.8, 4) is 0 Å². The Morgan fingerprint density at radius 1 is 0.397 bits per heavy atom. The minimum absolute atomic E-state index is 0. The SMILES string of the molecule is C.C.C.COC(=O)CC(=O)CC(=O)OC.COC(=O)CC1(CC(=O)OC)NC(=O)c2c(Cl)cc(Br)c(=O)n21.COC(=O)CC1(CC(=O)OC)NC(=O)c2c(Cl)cc(Nc3ccncn3)c(=O)n21.NC(=O)c1[nH]c(=O)c(Br)cc1Cl.Nc1ccncn1.O=C1NC(CCO)(CCO)n2c1c(Cl)cc(Nc1ccncn1)c2=O.O=C1NC(CCO)(CCO)n2c1c(Cl)cc(Nc1ccncn1)c2=O. The first kappa shape index (κ1) is 115. The number of rotatable bonds is 27. The number of ketones is 1. The number of carbonyl (C=O) groups is 12. The molecule has 732 valence electrons. The van der Waals surface area contributed by atoms with Crippen LogP contribution in [-0.4, -0.2) is 224 Å². The lowest BCUT2D eigenvalue weighted by atomic mass is 10.0. The van der Waals surface area contributed by atoms with Gasteiger partial charge in [-0.15, -0.1) is 0 Å². The molecule has 13 rings (SSSR count). The Labute approximate surface area is 811 Å². The number of aromatic nitrogens is 13. The van der Waals surface area contributed by atoms with Crippen molar-refractivity contribution in [2.45, 2.75) is 109 Å². The number of anilines is 7. The van der Waals surface area contributed by atoms with Crippen molar-refractivity contribution in [1.82, 2.24) is 84.4 Å². The van der Waals surface area contributed by atoms with Gasteiger partial charge in [0.15, 0.2) is 5.78 Å². The number of hydrogen-bond acceptors (Lipinski definition) is 39. The normalized spacial score (nSPS) is 13.1. The van der Waals surface area contributed by atoms with Crippen molar-refractivity contribution in [1.29, 1.82) is 0 Å². The molecule has 49 nitrogen and oxygen atoms in total. The number of aliphatic hydroxyl groups excluding tert-OH is 4. The number of nitrogens with one attached hydrogen (secondary N) is 8. The van der Waals surface area contributed by atoms with Crippen LogP contribution in [-0.2, 0) is 84.6 Å². The molecule has 9 aromatic heterocycles. The summed E-state index contributed by atoms with van der Waals surface area (Å²) in [6.45, 7) is -1.14. The van der Waals surface area contributed by atoms with Gasteiger partial charge in [0.1, 0.15) is 130 Å². The molecule has 136 heavy (non-hydrogen) atoms. The summed E-state index contributed by atoms with van der Waals surface area (Å²) in [5.41, 5.74) is 1.31. The number of aliphatic hydroxyl groups is 4. The predicted octanol–water partition coefficient (Wildman–Crippen LogP) is 4.28. The Hall–Kier alpha value is -13.6. The van der Waals surface area contributed by atoms with E-state index in [9.17, 15) is 102 Å². The molecular formula is C80H91Br2Cl5N22O27. The van der Waals surface area contributed by atoms with Gasteiger partial charge in [0.05, 0.1) is 102 Å². The van der Waals surface area contributed by atoms with Crippen LogP contribution in [0.2, 0.25) is 25.1 Å². The zero-order valence-electron chi connectivity index (χ0n) is 70.1. The molecule has 5 amide bonds. The zero-order chi connectivity index (χ0) is 98.6. The minimum Gasteiger partial charge on any atom is -0.469 e. The molecule has 0 aromatic carbocycles. The van der Waals surface area contributed by atoms with E-state index in [1.54, 1.807) is 24.4 Å².